The van der Waals surface area contributed by atoms with Crippen LogP contribution in [0.25, 0.3) is 0 Å². The molecule has 0 atom stereocenters. The van der Waals surface area contributed by atoms with Gasteiger partial charge in [0.2, 0.25) is 5.91 Å². The molecular weight excluding hydrogens is 312 g/mol. The van der Waals surface area contributed by atoms with Crippen LogP contribution in [0.2, 0.25) is 0 Å². The molecule has 0 aliphatic heterocycles. The van der Waals surface area contributed by atoms with Gasteiger partial charge >= 0.3 is 0 Å². The topological polar surface area (TPSA) is 70.7 Å². The molecule has 5 heteroatoms. The fourth-order valence-electron chi connectivity index (χ4n) is 2.44. The van der Waals surface area contributed by atoms with Crippen molar-refractivity contribution < 1.29 is 4.79 Å². The van der Waals surface area contributed by atoms with Crippen LogP contribution in [0.5, 0.6) is 0 Å². The molecule has 0 aliphatic carbocycles. The molecule has 0 heterocycles. The van der Waals surface area contributed by atoms with E-state index in [0.29, 0.717) is 13.1 Å². The molecule has 2 aromatic carbocycles. The summed E-state index contributed by atoms with van der Waals surface area (Å²) in [5.41, 5.74) is 10.3. The number of aryl methyl sites for hydroxylation is 2. The predicted octanol–water partition coefficient (Wildman–Crippen LogP) is 3.08. The van der Waals surface area contributed by atoms with Gasteiger partial charge in [-0.25, -0.2) is 4.99 Å². The van der Waals surface area contributed by atoms with Gasteiger partial charge in [0.05, 0.1) is 0 Å². The Labute approximate surface area is 149 Å². The predicted molar refractivity (Wildman–Crippen MR) is 104 cm³/mol. The Bertz CT molecular complexity index is 741. The summed E-state index contributed by atoms with van der Waals surface area (Å²) < 4.78 is 0. The van der Waals surface area contributed by atoms with Crippen molar-refractivity contribution in [2.75, 3.05) is 18.4 Å². The van der Waals surface area contributed by atoms with Crippen LogP contribution in [-0.2, 0) is 11.3 Å². The number of guanidine groups is 1. The zero-order chi connectivity index (χ0) is 18.2. The van der Waals surface area contributed by atoms with E-state index >= 15 is 0 Å². The maximum atomic E-state index is 12.4. The third kappa shape index (κ3) is 5.64. The number of nitrogens with zero attached hydrogens (tertiary/aromatic N) is 2. The van der Waals surface area contributed by atoms with Crippen molar-refractivity contribution in [3.8, 4) is 0 Å². The lowest BCUT2D eigenvalue weighted by Gasteiger charge is -2.20. The van der Waals surface area contributed by atoms with Gasteiger partial charge in [0.15, 0.2) is 5.96 Å². The van der Waals surface area contributed by atoms with E-state index < -0.39 is 0 Å². The second-order valence-electron chi connectivity index (χ2n) is 6.02. The van der Waals surface area contributed by atoms with E-state index in [1.165, 1.54) is 11.1 Å². The summed E-state index contributed by atoms with van der Waals surface area (Å²) in [5, 5.41) is 3.03. The summed E-state index contributed by atoms with van der Waals surface area (Å²) in [7, 11) is 0. The molecule has 0 bridgehead atoms. The fraction of sp³-hybridized carbons (Fsp3) is 0.300. The second kappa shape index (κ2) is 8.87. The van der Waals surface area contributed by atoms with Crippen molar-refractivity contribution in [2.45, 2.75) is 27.3 Å². The number of anilines is 1. The Morgan fingerprint density at radius 3 is 2.48 bits per heavy atom. The van der Waals surface area contributed by atoms with E-state index in [1.807, 2.05) is 62.4 Å². The molecule has 3 N–H and O–H groups in total. The first kappa shape index (κ1) is 18.5. The Hall–Kier alpha value is -2.82. The molecular formula is C20H26N4O. The van der Waals surface area contributed by atoms with Crippen LogP contribution in [0.3, 0.4) is 0 Å². The van der Waals surface area contributed by atoms with Gasteiger partial charge in [0.25, 0.3) is 0 Å². The number of likely N-dealkylation sites (N-methyl/N-ethyl adjacent to an activating group) is 1. The van der Waals surface area contributed by atoms with Crippen LogP contribution in [-0.4, -0.2) is 29.9 Å². The third-order valence-electron chi connectivity index (χ3n) is 4.11. The zero-order valence-corrected chi connectivity index (χ0v) is 15.1. The van der Waals surface area contributed by atoms with Gasteiger partial charge in [0.1, 0.15) is 6.54 Å². The van der Waals surface area contributed by atoms with E-state index in [-0.39, 0.29) is 18.4 Å². The minimum absolute atomic E-state index is 0.0321. The molecule has 25 heavy (non-hydrogen) atoms. The highest BCUT2D eigenvalue weighted by Crippen LogP contribution is 2.13. The minimum atomic E-state index is -0.0452. The molecule has 2 aromatic rings. The van der Waals surface area contributed by atoms with Crippen molar-refractivity contribution in [3.63, 3.8) is 0 Å². The van der Waals surface area contributed by atoms with Crippen molar-refractivity contribution in [2.24, 2.45) is 10.7 Å². The lowest BCUT2D eigenvalue weighted by atomic mass is 10.1. The maximum Gasteiger partial charge on any atom is 0.244 e. The second-order valence-corrected chi connectivity index (χ2v) is 6.02. The number of hydrogen-bond donors (Lipinski definition) is 2. The molecule has 0 unspecified atom stereocenters. The first-order chi connectivity index (χ1) is 12.0. The molecule has 0 spiro atoms. The van der Waals surface area contributed by atoms with Crippen molar-refractivity contribution in [1.82, 2.24) is 4.90 Å². The highest BCUT2D eigenvalue weighted by atomic mass is 16.2. The van der Waals surface area contributed by atoms with Crippen LogP contribution in [0.1, 0.15) is 23.6 Å². The van der Waals surface area contributed by atoms with Gasteiger partial charge in [-0.15, -0.1) is 0 Å². The third-order valence-corrected chi connectivity index (χ3v) is 4.11. The van der Waals surface area contributed by atoms with E-state index in [0.717, 1.165) is 11.3 Å². The standard InChI is InChI=1S/C20H26N4O/c1-4-24(14-17-8-6-5-7-9-17)19(25)13-22-20(21)23-18-11-10-15(2)16(3)12-18/h5-12H,4,13-14H2,1-3H3,(H3,21,22,23). The molecule has 2 rings (SSSR count). The summed E-state index contributed by atoms with van der Waals surface area (Å²) in [6, 6.07) is 15.9. The van der Waals surface area contributed by atoms with Gasteiger partial charge < -0.3 is 16.0 Å². The SMILES string of the molecule is CCN(Cc1ccccc1)C(=O)CN=C(N)Nc1ccc(C)c(C)c1. The highest BCUT2D eigenvalue weighted by molar-refractivity contribution is 5.94. The number of benzene rings is 2. The van der Waals surface area contributed by atoms with E-state index in [2.05, 4.69) is 17.2 Å². The molecule has 0 saturated heterocycles. The zero-order valence-electron chi connectivity index (χ0n) is 15.1. The van der Waals surface area contributed by atoms with E-state index in [1.54, 1.807) is 4.90 Å². The Balaban J connectivity index is 1.93. The summed E-state index contributed by atoms with van der Waals surface area (Å²) in [6.45, 7) is 7.30. The van der Waals surface area contributed by atoms with Crippen LogP contribution in [0.4, 0.5) is 5.69 Å². The first-order valence-corrected chi connectivity index (χ1v) is 8.45. The number of hydrogen-bond acceptors (Lipinski definition) is 2. The smallest absolute Gasteiger partial charge is 0.244 e. The van der Waals surface area contributed by atoms with Crippen molar-refractivity contribution in [3.05, 3.63) is 65.2 Å². The van der Waals surface area contributed by atoms with Crippen LogP contribution >= 0.6 is 0 Å². The Morgan fingerprint density at radius 2 is 1.84 bits per heavy atom. The van der Waals surface area contributed by atoms with Crippen molar-refractivity contribution in [1.29, 1.82) is 0 Å². The van der Waals surface area contributed by atoms with Crippen LogP contribution in [0.15, 0.2) is 53.5 Å². The number of amides is 1. The highest BCUT2D eigenvalue weighted by Gasteiger charge is 2.11. The monoisotopic (exact) mass is 338 g/mol. The normalized spacial score (nSPS) is 11.2. The molecule has 0 saturated carbocycles. The Morgan fingerprint density at radius 1 is 1.12 bits per heavy atom. The van der Waals surface area contributed by atoms with Crippen LogP contribution in [0, 0.1) is 13.8 Å². The average molecular weight is 338 g/mol. The number of nitrogens with two attached hydrogens (primary N) is 1. The lowest BCUT2D eigenvalue weighted by molar-refractivity contribution is -0.130. The molecule has 0 aromatic heterocycles. The Kier molecular flexibility index (Phi) is 6.57. The summed E-state index contributed by atoms with van der Waals surface area (Å²) in [4.78, 5) is 18.3. The molecule has 132 valence electrons. The van der Waals surface area contributed by atoms with Crippen LogP contribution < -0.4 is 11.1 Å². The maximum absolute atomic E-state index is 12.4. The minimum Gasteiger partial charge on any atom is -0.370 e. The average Bonchev–Trinajstić information content (AvgIpc) is 2.61. The molecule has 0 aliphatic rings. The van der Waals surface area contributed by atoms with Gasteiger partial charge in [0, 0.05) is 18.8 Å². The molecule has 5 nitrogen and oxygen atoms in total. The van der Waals surface area contributed by atoms with Gasteiger partial charge in [-0.3, -0.25) is 4.79 Å². The quantitative estimate of drug-likeness (QED) is 0.628. The molecule has 0 radical (unpaired) electrons. The summed E-state index contributed by atoms with van der Waals surface area (Å²) in [6.07, 6.45) is 0. The van der Waals surface area contributed by atoms with Gasteiger partial charge in [-0.2, -0.15) is 0 Å². The van der Waals surface area contributed by atoms with E-state index in [4.69, 9.17) is 5.73 Å². The first-order valence-electron chi connectivity index (χ1n) is 8.45. The summed E-state index contributed by atoms with van der Waals surface area (Å²) >= 11 is 0. The molecule has 1 amide bonds. The number of aliphatic imine (C=N–C) groups is 1. The molecule has 0 fully saturated rings. The number of carbonyl (C=O) groups is 1. The number of nitrogens with one attached hydrogen (secondary N) is 1. The van der Waals surface area contributed by atoms with Gasteiger partial charge in [-0.05, 0) is 49.6 Å². The lowest BCUT2D eigenvalue weighted by Crippen LogP contribution is -2.33. The van der Waals surface area contributed by atoms with Gasteiger partial charge in [-0.1, -0.05) is 36.4 Å². The summed E-state index contributed by atoms with van der Waals surface area (Å²) in [5.74, 6) is 0.198. The number of rotatable bonds is 6. The largest absolute Gasteiger partial charge is 0.370 e. The number of carbonyl (C=O) groups excluding carboxylic acids is 1. The van der Waals surface area contributed by atoms with Crippen molar-refractivity contribution >= 4 is 17.6 Å². The fourth-order valence-corrected chi connectivity index (χ4v) is 2.44. The van der Waals surface area contributed by atoms with E-state index in [9.17, 15) is 4.79 Å².